The van der Waals surface area contributed by atoms with E-state index in [0.29, 0.717) is 6.54 Å². The number of thiazole rings is 1. The summed E-state index contributed by atoms with van der Waals surface area (Å²) in [6.07, 6.45) is 5.96. The predicted octanol–water partition coefficient (Wildman–Crippen LogP) is 2.24. The lowest BCUT2D eigenvalue weighted by atomic mass is 9.76. The molecule has 1 aromatic heterocycles. The zero-order valence-corrected chi connectivity index (χ0v) is 12.6. The molecule has 1 aliphatic rings. The predicted molar refractivity (Wildman–Crippen MR) is 78.1 cm³/mol. The number of rotatable bonds is 5. The summed E-state index contributed by atoms with van der Waals surface area (Å²) < 4.78 is 0. The molecule has 1 unspecified atom stereocenters. The molecule has 1 aliphatic heterocycles. The second kappa shape index (κ2) is 6.48. The molecule has 4 nitrogen and oxygen atoms in total. The van der Waals surface area contributed by atoms with Crippen molar-refractivity contribution in [2.75, 3.05) is 13.1 Å². The molecule has 1 saturated heterocycles. The van der Waals surface area contributed by atoms with Crippen LogP contribution in [0.25, 0.3) is 0 Å². The molecule has 0 radical (unpaired) electrons. The second-order valence-corrected chi connectivity index (χ2v) is 6.66. The summed E-state index contributed by atoms with van der Waals surface area (Å²) in [5.74, 6) is 0.201. The van der Waals surface area contributed by atoms with Gasteiger partial charge in [-0.3, -0.25) is 4.79 Å². The molecule has 106 valence electrons. The van der Waals surface area contributed by atoms with Crippen molar-refractivity contribution in [1.82, 2.24) is 15.6 Å². The summed E-state index contributed by atoms with van der Waals surface area (Å²) in [7, 11) is 0. The van der Waals surface area contributed by atoms with Gasteiger partial charge < -0.3 is 10.6 Å². The number of carbonyl (C=O) groups is 1. The van der Waals surface area contributed by atoms with Crippen molar-refractivity contribution in [2.24, 2.45) is 5.41 Å². The van der Waals surface area contributed by atoms with E-state index < -0.39 is 0 Å². The van der Waals surface area contributed by atoms with Gasteiger partial charge >= 0.3 is 0 Å². The number of amides is 1. The van der Waals surface area contributed by atoms with Gasteiger partial charge in [-0.2, -0.15) is 0 Å². The third kappa shape index (κ3) is 3.54. The monoisotopic (exact) mass is 281 g/mol. The first-order valence-electron chi connectivity index (χ1n) is 7.06. The highest BCUT2D eigenvalue weighted by Gasteiger charge is 2.38. The molecule has 0 aliphatic carbocycles. The number of hydrogen-bond donors (Lipinski definition) is 2. The molecular weight excluding hydrogens is 258 g/mol. The van der Waals surface area contributed by atoms with E-state index in [1.54, 1.807) is 11.3 Å². The zero-order chi connectivity index (χ0) is 13.7. The Morgan fingerprint density at radius 3 is 3.05 bits per heavy atom. The molecule has 19 heavy (non-hydrogen) atoms. The van der Waals surface area contributed by atoms with Crippen LogP contribution in [0.1, 0.15) is 42.5 Å². The Bertz CT molecular complexity index is 419. The van der Waals surface area contributed by atoms with E-state index in [-0.39, 0.29) is 11.3 Å². The van der Waals surface area contributed by atoms with Gasteiger partial charge in [0, 0.05) is 17.6 Å². The normalized spacial score (nSPS) is 23.3. The number of aryl methyl sites for hydroxylation is 1. The van der Waals surface area contributed by atoms with Gasteiger partial charge in [0.05, 0.1) is 17.0 Å². The van der Waals surface area contributed by atoms with Crippen molar-refractivity contribution in [2.45, 2.75) is 46.1 Å². The SMILES string of the molecule is CCCC1(C(=O)NCc2cnc(C)s2)CCCNC1. The number of nitrogens with one attached hydrogen (secondary N) is 2. The summed E-state index contributed by atoms with van der Waals surface area (Å²) in [6, 6.07) is 0. The highest BCUT2D eigenvalue weighted by atomic mass is 32.1. The summed E-state index contributed by atoms with van der Waals surface area (Å²) in [4.78, 5) is 17.9. The maximum Gasteiger partial charge on any atom is 0.227 e. The molecule has 1 aromatic rings. The number of nitrogens with zero attached hydrogens (tertiary/aromatic N) is 1. The van der Waals surface area contributed by atoms with Crippen LogP contribution in [-0.2, 0) is 11.3 Å². The Hall–Kier alpha value is -0.940. The molecular formula is C14H23N3OS. The first-order chi connectivity index (χ1) is 9.16. The van der Waals surface area contributed by atoms with Crippen molar-refractivity contribution >= 4 is 17.2 Å². The molecule has 2 heterocycles. The average molecular weight is 281 g/mol. The molecule has 5 heteroatoms. The van der Waals surface area contributed by atoms with Crippen molar-refractivity contribution in [3.05, 3.63) is 16.1 Å². The summed E-state index contributed by atoms with van der Waals surface area (Å²) in [5.41, 5.74) is -0.202. The molecule has 2 N–H and O–H groups in total. The minimum atomic E-state index is -0.202. The first kappa shape index (κ1) is 14.5. The minimum absolute atomic E-state index is 0.201. The van der Waals surface area contributed by atoms with Gasteiger partial charge in [0.25, 0.3) is 0 Å². The lowest BCUT2D eigenvalue weighted by Crippen LogP contribution is -2.50. The quantitative estimate of drug-likeness (QED) is 0.870. The van der Waals surface area contributed by atoms with Gasteiger partial charge in [0.1, 0.15) is 0 Å². The Labute approximate surface area is 119 Å². The van der Waals surface area contributed by atoms with Crippen LogP contribution in [0.5, 0.6) is 0 Å². The van der Waals surface area contributed by atoms with Gasteiger partial charge in [0.2, 0.25) is 5.91 Å². The smallest absolute Gasteiger partial charge is 0.227 e. The summed E-state index contributed by atoms with van der Waals surface area (Å²) in [6.45, 7) is 6.59. The van der Waals surface area contributed by atoms with Crippen LogP contribution >= 0.6 is 11.3 Å². The van der Waals surface area contributed by atoms with Crippen molar-refractivity contribution in [3.8, 4) is 0 Å². The molecule has 1 atom stereocenters. The average Bonchev–Trinajstić information content (AvgIpc) is 2.83. The molecule has 0 spiro atoms. The fourth-order valence-corrected chi connectivity index (χ4v) is 3.54. The fraction of sp³-hybridized carbons (Fsp3) is 0.714. The Morgan fingerprint density at radius 1 is 1.63 bits per heavy atom. The largest absolute Gasteiger partial charge is 0.351 e. The standard InChI is InChI=1S/C14H23N3OS/c1-3-5-14(6-4-7-15-10-14)13(18)17-9-12-8-16-11(2)19-12/h8,15H,3-7,9-10H2,1-2H3,(H,17,18). The molecule has 2 rings (SSSR count). The third-order valence-corrected chi connectivity index (χ3v) is 4.69. The second-order valence-electron chi connectivity index (χ2n) is 5.34. The zero-order valence-electron chi connectivity index (χ0n) is 11.8. The van der Waals surface area contributed by atoms with E-state index in [1.807, 2.05) is 13.1 Å². The topological polar surface area (TPSA) is 54.0 Å². The summed E-state index contributed by atoms with van der Waals surface area (Å²) in [5, 5.41) is 7.52. The third-order valence-electron chi connectivity index (χ3n) is 3.77. The Morgan fingerprint density at radius 2 is 2.47 bits per heavy atom. The molecule has 0 saturated carbocycles. The Kier molecular flexibility index (Phi) is 4.93. The number of carbonyl (C=O) groups excluding carboxylic acids is 1. The Balaban J connectivity index is 1.95. The summed E-state index contributed by atoms with van der Waals surface area (Å²) >= 11 is 1.65. The highest BCUT2D eigenvalue weighted by Crippen LogP contribution is 2.32. The lowest BCUT2D eigenvalue weighted by molar-refractivity contribution is -0.132. The maximum absolute atomic E-state index is 12.5. The van der Waals surface area contributed by atoms with E-state index in [2.05, 4.69) is 22.5 Å². The number of hydrogen-bond acceptors (Lipinski definition) is 4. The van der Waals surface area contributed by atoms with Gasteiger partial charge in [-0.1, -0.05) is 13.3 Å². The van der Waals surface area contributed by atoms with Crippen LogP contribution in [-0.4, -0.2) is 24.0 Å². The lowest BCUT2D eigenvalue weighted by Gasteiger charge is -2.36. The van der Waals surface area contributed by atoms with E-state index in [4.69, 9.17) is 0 Å². The fourth-order valence-electron chi connectivity index (χ4n) is 2.81. The van der Waals surface area contributed by atoms with Crippen LogP contribution in [0.3, 0.4) is 0 Å². The van der Waals surface area contributed by atoms with Gasteiger partial charge in [-0.15, -0.1) is 11.3 Å². The maximum atomic E-state index is 12.5. The van der Waals surface area contributed by atoms with E-state index in [0.717, 1.165) is 48.7 Å². The highest BCUT2D eigenvalue weighted by molar-refractivity contribution is 7.11. The van der Waals surface area contributed by atoms with Crippen LogP contribution in [0.4, 0.5) is 0 Å². The van der Waals surface area contributed by atoms with Crippen LogP contribution < -0.4 is 10.6 Å². The molecule has 0 aromatic carbocycles. The van der Waals surface area contributed by atoms with Crippen molar-refractivity contribution in [3.63, 3.8) is 0 Å². The van der Waals surface area contributed by atoms with E-state index in [9.17, 15) is 4.79 Å². The first-order valence-corrected chi connectivity index (χ1v) is 7.88. The van der Waals surface area contributed by atoms with Crippen molar-refractivity contribution < 1.29 is 4.79 Å². The van der Waals surface area contributed by atoms with Gasteiger partial charge in [-0.25, -0.2) is 4.98 Å². The molecule has 1 fully saturated rings. The number of aromatic nitrogens is 1. The van der Waals surface area contributed by atoms with Gasteiger partial charge in [-0.05, 0) is 32.7 Å². The van der Waals surface area contributed by atoms with E-state index in [1.165, 1.54) is 0 Å². The van der Waals surface area contributed by atoms with Crippen LogP contribution in [0.2, 0.25) is 0 Å². The molecule has 1 amide bonds. The van der Waals surface area contributed by atoms with E-state index >= 15 is 0 Å². The minimum Gasteiger partial charge on any atom is -0.351 e. The van der Waals surface area contributed by atoms with Gasteiger partial charge in [0.15, 0.2) is 0 Å². The van der Waals surface area contributed by atoms with Crippen LogP contribution in [0.15, 0.2) is 6.20 Å². The number of piperidine rings is 1. The molecule has 0 bridgehead atoms. The van der Waals surface area contributed by atoms with Crippen molar-refractivity contribution in [1.29, 1.82) is 0 Å². The van der Waals surface area contributed by atoms with Crippen LogP contribution in [0, 0.1) is 12.3 Å².